The minimum absolute atomic E-state index is 0.0242. The number of carbonyl (C=O) groups is 3. The molecule has 0 aliphatic carbocycles. The average Bonchev–Trinajstić information content (AvgIpc) is 3.22. The second-order valence-corrected chi connectivity index (χ2v) is 12.8. The van der Waals surface area contributed by atoms with E-state index in [-0.39, 0.29) is 49.1 Å². The molecule has 1 aromatic carbocycles. The summed E-state index contributed by atoms with van der Waals surface area (Å²) in [6.07, 6.45) is 2.51. The first kappa shape index (κ1) is 34.9. The Morgan fingerprint density at radius 3 is 2.40 bits per heavy atom. The minimum atomic E-state index is -4.06. The van der Waals surface area contributed by atoms with E-state index in [0.717, 1.165) is 16.9 Å². The van der Waals surface area contributed by atoms with Crippen molar-refractivity contribution in [2.45, 2.75) is 89.8 Å². The fraction of sp³-hybridized carbons (Fsp3) is 0.571. The van der Waals surface area contributed by atoms with Crippen LogP contribution in [0.15, 0.2) is 22.5 Å². The van der Waals surface area contributed by atoms with E-state index in [1.165, 1.54) is 13.0 Å². The smallest absolute Gasteiger partial charge is 0.328 e. The zero-order valence-corrected chi connectivity index (χ0v) is 26.6. The summed E-state index contributed by atoms with van der Waals surface area (Å²) in [6, 6.07) is -1.98. The van der Waals surface area contributed by atoms with E-state index in [1.807, 2.05) is 20.8 Å². The van der Waals surface area contributed by atoms with Gasteiger partial charge in [0, 0.05) is 31.3 Å². The Hall–Kier alpha value is -3.32. The van der Waals surface area contributed by atoms with Gasteiger partial charge in [0.2, 0.25) is 17.8 Å². The zero-order valence-electron chi connectivity index (χ0n) is 25.1. The number of halogens is 1. The molecule has 0 radical (unpaired) electrons. The van der Waals surface area contributed by atoms with Crippen LogP contribution in [-0.4, -0.2) is 68.9 Å². The number of guanidine groups is 1. The molecule has 0 bridgehead atoms. The molecule has 0 spiro atoms. The summed E-state index contributed by atoms with van der Waals surface area (Å²) < 4.78 is 40.1. The molecule has 1 heterocycles. The standard InChI is InChI=1S/C28H42ClN5O7S/c1-8-14-40-26(37)22(11-12-29)33-25(36)21(32-19(5)35)10-9-13-31-27(30)34-42(38,39)24-17(3)16(2)23-20(18(24)4)15-28(6,7)41-23/h8,21-22H,1,9-15H2,2-7H3,(H,32,35)(H,33,36)(H3,30,31,34)/t21-,22-/m1/s1. The third-order valence-corrected chi connectivity index (χ3v) is 8.61. The molecular formula is C28H42ClN5O7S. The van der Waals surface area contributed by atoms with Crippen molar-refractivity contribution >= 4 is 45.4 Å². The van der Waals surface area contributed by atoms with Crippen molar-refractivity contribution in [3.05, 3.63) is 34.9 Å². The molecule has 14 heteroatoms. The van der Waals surface area contributed by atoms with Gasteiger partial charge in [-0.2, -0.15) is 0 Å². The van der Waals surface area contributed by atoms with Gasteiger partial charge in [0.25, 0.3) is 10.0 Å². The van der Waals surface area contributed by atoms with E-state index < -0.39 is 45.5 Å². The Kier molecular flexibility index (Phi) is 12.2. The number of hydrogen-bond donors (Lipinski definition) is 4. The van der Waals surface area contributed by atoms with E-state index in [1.54, 1.807) is 13.8 Å². The molecule has 5 N–H and O–H groups in total. The van der Waals surface area contributed by atoms with Crippen LogP contribution in [0.1, 0.15) is 62.3 Å². The van der Waals surface area contributed by atoms with Crippen LogP contribution >= 0.6 is 11.6 Å². The normalized spacial score (nSPS) is 15.5. The summed E-state index contributed by atoms with van der Waals surface area (Å²) in [7, 11) is -4.06. The van der Waals surface area contributed by atoms with Crippen LogP contribution in [0.2, 0.25) is 0 Å². The molecule has 12 nitrogen and oxygen atoms in total. The van der Waals surface area contributed by atoms with Crippen LogP contribution in [0.3, 0.4) is 0 Å². The first-order valence-electron chi connectivity index (χ1n) is 13.6. The monoisotopic (exact) mass is 627 g/mol. The number of benzene rings is 1. The minimum Gasteiger partial charge on any atom is -0.487 e. The lowest BCUT2D eigenvalue weighted by Crippen LogP contribution is -2.51. The van der Waals surface area contributed by atoms with Crippen molar-refractivity contribution in [3.8, 4) is 5.75 Å². The third kappa shape index (κ3) is 9.09. The van der Waals surface area contributed by atoms with Crippen LogP contribution in [0, 0.1) is 20.8 Å². The summed E-state index contributed by atoms with van der Waals surface area (Å²) in [5, 5.41) is 5.11. The molecule has 0 aromatic heterocycles. The van der Waals surface area contributed by atoms with Gasteiger partial charge in [-0.25, -0.2) is 17.9 Å². The predicted molar refractivity (Wildman–Crippen MR) is 161 cm³/mol. The maximum Gasteiger partial charge on any atom is 0.328 e. The lowest BCUT2D eigenvalue weighted by atomic mass is 9.94. The number of esters is 1. The van der Waals surface area contributed by atoms with Crippen LogP contribution in [0.4, 0.5) is 0 Å². The number of aliphatic imine (C=N–C) groups is 1. The Bertz CT molecular complexity index is 1340. The molecule has 0 fully saturated rings. The highest BCUT2D eigenvalue weighted by atomic mass is 35.5. The number of sulfonamides is 1. The number of fused-ring (bicyclic) bond motifs is 1. The Balaban J connectivity index is 2.09. The Morgan fingerprint density at radius 2 is 1.81 bits per heavy atom. The van der Waals surface area contributed by atoms with Gasteiger partial charge in [-0.3, -0.25) is 14.6 Å². The van der Waals surface area contributed by atoms with Crippen LogP contribution in [0.5, 0.6) is 5.75 Å². The van der Waals surface area contributed by atoms with Crippen molar-refractivity contribution in [1.82, 2.24) is 15.4 Å². The molecule has 0 saturated carbocycles. The highest BCUT2D eigenvalue weighted by Crippen LogP contribution is 2.43. The number of alkyl halides is 1. The number of nitrogens with two attached hydrogens (primary N) is 1. The Morgan fingerprint density at radius 1 is 1.14 bits per heavy atom. The van der Waals surface area contributed by atoms with Gasteiger partial charge >= 0.3 is 5.97 Å². The van der Waals surface area contributed by atoms with Gasteiger partial charge in [-0.05, 0) is 70.6 Å². The van der Waals surface area contributed by atoms with E-state index in [0.29, 0.717) is 17.5 Å². The molecule has 1 aliphatic heterocycles. The molecule has 2 rings (SSSR count). The van der Waals surface area contributed by atoms with Gasteiger partial charge in [0.1, 0.15) is 30.0 Å². The van der Waals surface area contributed by atoms with Gasteiger partial charge in [-0.1, -0.05) is 12.7 Å². The molecule has 1 aromatic rings. The number of nitrogens with one attached hydrogen (secondary N) is 3. The lowest BCUT2D eigenvalue weighted by molar-refractivity contribution is -0.147. The van der Waals surface area contributed by atoms with E-state index in [2.05, 4.69) is 26.9 Å². The van der Waals surface area contributed by atoms with Crippen molar-refractivity contribution in [1.29, 1.82) is 0 Å². The highest BCUT2D eigenvalue weighted by Gasteiger charge is 2.36. The molecule has 0 unspecified atom stereocenters. The lowest BCUT2D eigenvalue weighted by Gasteiger charge is -2.21. The molecule has 234 valence electrons. The van der Waals surface area contributed by atoms with Gasteiger partial charge in [0.05, 0.1) is 4.90 Å². The molecule has 2 atom stereocenters. The predicted octanol–water partition coefficient (Wildman–Crippen LogP) is 2.05. The topological polar surface area (TPSA) is 178 Å². The maximum absolute atomic E-state index is 13.4. The van der Waals surface area contributed by atoms with Crippen molar-refractivity contribution in [3.63, 3.8) is 0 Å². The van der Waals surface area contributed by atoms with Gasteiger partial charge in [-0.15, -0.1) is 11.6 Å². The second kappa shape index (κ2) is 14.7. The summed E-state index contributed by atoms with van der Waals surface area (Å²) in [5.41, 5.74) is 8.27. The summed E-state index contributed by atoms with van der Waals surface area (Å²) >= 11 is 5.77. The Labute approximate surface area is 252 Å². The first-order valence-corrected chi connectivity index (χ1v) is 15.6. The summed E-state index contributed by atoms with van der Waals surface area (Å²) in [5.74, 6) is -1.21. The maximum atomic E-state index is 13.4. The van der Waals surface area contributed by atoms with E-state index >= 15 is 0 Å². The number of amides is 2. The summed E-state index contributed by atoms with van der Waals surface area (Å²) in [6.45, 7) is 14.0. The fourth-order valence-corrected chi connectivity index (χ4v) is 6.49. The highest BCUT2D eigenvalue weighted by molar-refractivity contribution is 7.90. The van der Waals surface area contributed by atoms with E-state index in [4.69, 9.17) is 26.8 Å². The molecular weight excluding hydrogens is 586 g/mol. The van der Waals surface area contributed by atoms with Crippen LogP contribution < -0.4 is 25.8 Å². The van der Waals surface area contributed by atoms with Crippen LogP contribution in [0.25, 0.3) is 0 Å². The SMILES string of the molecule is C=CCOC(=O)[C@@H](CCCl)NC(=O)[C@@H](CCCN=C(N)NS(=O)(=O)c1c(C)c(C)c2c(c1C)CC(C)(C)O2)NC(C)=O. The van der Waals surface area contributed by atoms with Gasteiger partial charge < -0.3 is 25.8 Å². The average molecular weight is 628 g/mol. The number of carbonyl (C=O) groups excluding carboxylic acids is 3. The molecule has 2 amide bonds. The summed E-state index contributed by atoms with van der Waals surface area (Å²) in [4.78, 5) is 41.1. The first-order chi connectivity index (χ1) is 19.5. The third-order valence-electron chi connectivity index (χ3n) is 6.77. The number of nitrogens with zero attached hydrogens (tertiary/aromatic N) is 1. The van der Waals surface area contributed by atoms with E-state index in [9.17, 15) is 22.8 Å². The number of ether oxygens (including phenoxy) is 2. The largest absolute Gasteiger partial charge is 0.487 e. The van der Waals surface area contributed by atoms with Crippen molar-refractivity contribution in [2.24, 2.45) is 10.7 Å². The molecule has 0 saturated heterocycles. The molecule has 1 aliphatic rings. The fourth-order valence-electron chi connectivity index (χ4n) is 4.75. The number of rotatable bonds is 14. The van der Waals surface area contributed by atoms with Gasteiger partial charge in [0.15, 0.2) is 0 Å². The molecule has 42 heavy (non-hydrogen) atoms. The second-order valence-electron chi connectivity index (χ2n) is 10.8. The zero-order chi connectivity index (χ0) is 31.8. The van der Waals surface area contributed by atoms with Crippen LogP contribution in [-0.2, 0) is 35.6 Å². The van der Waals surface area contributed by atoms with Crippen molar-refractivity contribution < 1.29 is 32.3 Å². The quantitative estimate of drug-likeness (QED) is 0.0604. The number of hydrogen-bond acceptors (Lipinski definition) is 8. The van der Waals surface area contributed by atoms with Crippen molar-refractivity contribution in [2.75, 3.05) is 19.0 Å².